The van der Waals surface area contributed by atoms with E-state index in [0.717, 1.165) is 42.2 Å². The molecule has 140 valence electrons. The number of anilines is 1. The number of carbonyl (C=O) groups excluding carboxylic acids is 1. The molecule has 0 saturated carbocycles. The molecule has 1 aliphatic heterocycles. The molecule has 1 N–H and O–H groups in total. The molecule has 1 fully saturated rings. The van der Waals surface area contributed by atoms with Crippen LogP contribution in [0.5, 0.6) is 0 Å². The molecule has 0 radical (unpaired) electrons. The number of nitrogens with zero attached hydrogens (tertiary/aromatic N) is 4. The van der Waals surface area contributed by atoms with Crippen molar-refractivity contribution in [1.29, 1.82) is 0 Å². The predicted molar refractivity (Wildman–Crippen MR) is 107 cm³/mol. The van der Waals surface area contributed by atoms with Crippen LogP contribution in [-0.2, 0) is 6.54 Å². The van der Waals surface area contributed by atoms with Crippen LogP contribution in [0, 0.1) is 6.92 Å². The highest BCUT2D eigenvalue weighted by atomic mass is 35.5. The fraction of sp³-hybridized carbons (Fsp3) is 0.300. The summed E-state index contributed by atoms with van der Waals surface area (Å²) in [6.45, 7) is 5.78. The first-order chi connectivity index (χ1) is 13.1. The van der Waals surface area contributed by atoms with Crippen LogP contribution in [0.1, 0.15) is 11.3 Å². The summed E-state index contributed by atoms with van der Waals surface area (Å²) in [4.78, 5) is 21.3. The summed E-state index contributed by atoms with van der Waals surface area (Å²) in [5.41, 5.74) is 3.73. The number of hydrogen-bond donors (Lipinski definition) is 1. The lowest BCUT2D eigenvalue weighted by atomic mass is 10.2. The number of halogens is 1. The van der Waals surface area contributed by atoms with Crippen LogP contribution in [0.2, 0.25) is 5.02 Å². The zero-order valence-corrected chi connectivity index (χ0v) is 16.0. The maximum Gasteiger partial charge on any atom is 0.321 e. The number of piperazine rings is 1. The van der Waals surface area contributed by atoms with Crippen molar-refractivity contribution in [2.75, 3.05) is 31.5 Å². The molecule has 1 saturated heterocycles. The number of imidazole rings is 1. The number of hydrogen-bond acceptors (Lipinski definition) is 3. The first kappa shape index (κ1) is 17.8. The van der Waals surface area contributed by atoms with E-state index in [4.69, 9.17) is 11.6 Å². The Morgan fingerprint density at radius 1 is 1.19 bits per heavy atom. The molecular weight excluding hydrogens is 362 g/mol. The summed E-state index contributed by atoms with van der Waals surface area (Å²) in [6, 6.07) is 11.5. The number of benzene rings is 1. The van der Waals surface area contributed by atoms with Gasteiger partial charge in [0.2, 0.25) is 0 Å². The third kappa shape index (κ3) is 4.07. The fourth-order valence-corrected chi connectivity index (χ4v) is 3.46. The van der Waals surface area contributed by atoms with Crippen molar-refractivity contribution < 1.29 is 4.79 Å². The molecule has 0 aliphatic carbocycles. The molecule has 1 aromatic carbocycles. The molecule has 3 heterocycles. The van der Waals surface area contributed by atoms with Crippen molar-refractivity contribution in [3.63, 3.8) is 0 Å². The van der Waals surface area contributed by atoms with Gasteiger partial charge < -0.3 is 14.6 Å². The predicted octanol–water partition coefficient (Wildman–Crippen LogP) is 3.65. The monoisotopic (exact) mass is 383 g/mol. The van der Waals surface area contributed by atoms with Crippen molar-refractivity contribution in [3.8, 4) is 0 Å². The Kier molecular flexibility index (Phi) is 5.01. The number of amides is 2. The van der Waals surface area contributed by atoms with Crippen LogP contribution >= 0.6 is 11.6 Å². The summed E-state index contributed by atoms with van der Waals surface area (Å²) in [6.07, 6.45) is 4.07. The second-order valence-corrected chi connectivity index (χ2v) is 7.26. The number of aromatic nitrogens is 2. The number of rotatable bonds is 3. The molecule has 0 bridgehead atoms. The Morgan fingerprint density at radius 3 is 2.74 bits per heavy atom. The van der Waals surface area contributed by atoms with Gasteiger partial charge in [-0.1, -0.05) is 23.7 Å². The van der Waals surface area contributed by atoms with E-state index in [9.17, 15) is 4.79 Å². The zero-order valence-electron chi connectivity index (χ0n) is 15.2. The zero-order chi connectivity index (χ0) is 18.8. The largest absolute Gasteiger partial charge is 0.322 e. The first-order valence-corrected chi connectivity index (χ1v) is 9.43. The minimum Gasteiger partial charge on any atom is -0.322 e. The second kappa shape index (κ2) is 7.58. The Bertz CT molecular complexity index is 929. The van der Waals surface area contributed by atoms with Crippen molar-refractivity contribution in [3.05, 3.63) is 65.1 Å². The molecule has 7 heteroatoms. The van der Waals surface area contributed by atoms with E-state index in [1.54, 1.807) is 6.07 Å². The Morgan fingerprint density at radius 2 is 2.00 bits per heavy atom. The van der Waals surface area contributed by atoms with Crippen molar-refractivity contribution in [1.82, 2.24) is 19.2 Å². The van der Waals surface area contributed by atoms with E-state index < -0.39 is 0 Å². The average molecular weight is 384 g/mol. The van der Waals surface area contributed by atoms with Gasteiger partial charge in [0.25, 0.3) is 0 Å². The molecule has 4 rings (SSSR count). The standard InChI is InChI=1S/C20H22ClN5O/c1-15-5-6-16(12-18(15)21)23-20(27)25-10-8-24(9-11-25)13-17-14-26-7-3-2-4-19(26)22-17/h2-7,12,14H,8-11,13H2,1H3,(H,23,27). The van der Waals surface area contributed by atoms with Crippen molar-refractivity contribution in [2.45, 2.75) is 13.5 Å². The second-order valence-electron chi connectivity index (χ2n) is 6.86. The maximum atomic E-state index is 12.5. The van der Waals surface area contributed by atoms with E-state index in [1.165, 1.54) is 0 Å². The summed E-state index contributed by atoms with van der Waals surface area (Å²) < 4.78 is 2.03. The lowest BCUT2D eigenvalue weighted by Crippen LogP contribution is -2.49. The maximum absolute atomic E-state index is 12.5. The van der Waals surface area contributed by atoms with E-state index in [-0.39, 0.29) is 6.03 Å². The van der Waals surface area contributed by atoms with E-state index >= 15 is 0 Å². The SMILES string of the molecule is Cc1ccc(NC(=O)N2CCN(Cc3cn4ccccc4n3)CC2)cc1Cl. The highest BCUT2D eigenvalue weighted by Crippen LogP contribution is 2.20. The summed E-state index contributed by atoms with van der Waals surface area (Å²) in [5, 5.41) is 3.59. The Hall–Kier alpha value is -2.57. The molecule has 3 aromatic rings. The summed E-state index contributed by atoms with van der Waals surface area (Å²) in [7, 11) is 0. The molecule has 0 atom stereocenters. The minimum atomic E-state index is -0.0812. The fourth-order valence-electron chi connectivity index (χ4n) is 3.27. The van der Waals surface area contributed by atoms with Gasteiger partial charge in [-0.15, -0.1) is 0 Å². The number of nitrogens with one attached hydrogen (secondary N) is 1. The number of carbonyl (C=O) groups is 1. The third-order valence-corrected chi connectivity index (χ3v) is 5.29. The molecule has 27 heavy (non-hydrogen) atoms. The van der Waals surface area contributed by atoms with Gasteiger partial charge in [0.15, 0.2) is 0 Å². The molecular formula is C20H22ClN5O. The lowest BCUT2D eigenvalue weighted by Gasteiger charge is -2.34. The van der Waals surface area contributed by atoms with Gasteiger partial charge in [-0.2, -0.15) is 0 Å². The molecule has 0 spiro atoms. The van der Waals surface area contributed by atoms with Gasteiger partial charge >= 0.3 is 6.03 Å². The van der Waals surface area contributed by atoms with Crippen LogP contribution in [0.15, 0.2) is 48.8 Å². The lowest BCUT2D eigenvalue weighted by molar-refractivity contribution is 0.142. The van der Waals surface area contributed by atoms with E-state index in [0.29, 0.717) is 18.1 Å². The van der Waals surface area contributed by atoms with Gasteiger partial charge in [0, 0.05) is 55.8 Å². The first-order valence-electron chi connectivity index (χ1n) is 9.05. The average Bonchev–Trinajstić information content (AvgIpc) is 3.07. The van der Waals surface area contributed by atoms with E-state index in [1.807, 2.05) is 52.8 Å². The van der Waals surface area contributed by atoms with Gasteiger partial charge in [-0.25, -0.2) is 9.78 Å². The molecule has 6 nitrogen and oxygen atoms in total. The van der Waals surface area contributed by atoms with Gasteiger partial charge in [0.05, 0.1) is 5.69 Å². The molecule has 2 aromatic heterocycles. The topological polar surface area (TPSA) is 52.9 Å². The Labute approximate surface area is 163 Å². The van der Waals surface area contributed by atoms with Crippen LogP contribution in [0.4, 0.5) is 10.5 Å². The summed E-state index contributed by atoms with van der Waals surface area (Å²) in [5.74, 6) is 0. The number of aryl methyl sites for hydroxylation is 1. The van der Waals surface area contributed by atoms with Crippen LogP contribution in [-0.4, -0.2) is 51.4 Å². The minimum absolute atomic E-state index is 0.0812. The van der Waals surface area contributed by atoms with Crippen molar-refractivity contribution >= 4 is 29.0 Å². The van der Waals surface area contributed by atoms with Crippen LogP contribution in [0.25, 0.3) is 5.65 Å². The molecule has 1 aliphatic rings. The normalized spacial score (nSPS) is 15.3. The van der Waals surface area contributed by atoms with Gasteiger partial charge in [-0.3, -0.25) is 4.90 Å². The highest BCUT2D eigenvalue weighted by molar-refractivity contribution is 6.31. The quantitative estimate of drug-likeness (QED) is 0.751. The van der Waals surface area contributed by atoms with Gasteiger partial charge in [-0.05, 0) is 36.8 Å². The smallest absolute Gasteiger partial charge is 0.321 e. The van der Waals surface area contributed by atoms with Crippen molar-refractivity contribution in [2.24, 2.45) is 0 Å². The third-order valence-electron chi connectivity index (χ3n) is 4.88. The van der Waals surface area contributed by atoms with Crippen LogP contribution < -0.4 is 5.32 Å². The van der Waals surface area contributed by atoms with Crippen LogP contribution in [0.3, 0.4) is 0 Å². The highest BCUT2D eigenvalue weighted by Gasteiger charge is 2.22. The van der Waals surface area contributed by atoms with Gasteiger partial charge in [0.1, 0.15) is 5.65 Å². The Balaban J connectivity index is 1.31. The number of fused-ring (bicyclic) bond motifs is 1. The molecule has 2 amide bonds. The summed E-state index contributed by atoms with van der Waals surface area (Å²) >= 11 is 6.13. The van der Waals surface area contributed by atoms with E-state index in [2.05, 4.69) is 21.4 Å². The number of urea groups is 1. The molecule has 0 unspecified atom stereocenters. The number of pyridine rings is 1.